The predicted molar refractivity (Wildman–Crippen MR) is 75.5 cm³/mol. The Labute approximate surface area is 110 Å². The summed E-state index contributed by atoms with van der Waals surface area (Å²) in [6.07, 6.45) is 3.44. The Morgan fingerprint density at radius 3 is 2.50 bits per heavy atom. The molecule has 0 radical (unpaired) electrons. The van der Waals surface area contributed by atoms with Gasteiger partial charge in [-0.05, 0) is 37.6 Å². The first kappa shape index (κ1) is 14.8. The van der Waals surface area contributed by atoms with Crippen molar-refractivity contribution in [1.29, 1.82) is 0 Å². The van der Waals surface area contributed by atoms with Gasteiger partial charge >= 0.3 is 0 Å². The Bertz CT molecular complexity index is 352. The van der Waals surface area contributed by atoms with Gasteiger partial charge in [0.2, 0.25) is 0 Å². The maximum atomic E-state index is 5.44. The summed E-state index contributed by atoms with van der Waals surface area (Å²) in [5, 5.41) is 3.58. The fourth-order valence-electron chi connectivity index (χ4n) is 2.04. The smallest absolute Gasteiger partial charge is 0.123 e. The van der Waals surface area contributed by atoms with Gasteiger partial charge in [-0.2, -0.15) is 0 Å². The van der Waals surface area contributed by atoms with Crippen LogP contribution in [0.3, 0.4) is 0 Å². The van der Waals surface area contributed by atoms with E-state index in [1.54, 1.807) is 14.2 Å². The highest BCUT2D eigenvalue weighted by molar-refractivity contribution is 5.42. The Morgan fingerprint density at radius 2 is 1.94 bits per heavy atom. The maximum Gasteiger partial charge on any atom is 0.123 e. The summed E-state index contributed by atoms with van der Waals surface area (Å²) >= 11 is 0. The number of ether oxygens (including phenoxy) is 2. The fraction of sp³-hybridized carbons (Fsp3) is 0.600. The molecule has 1 N–H and O–H groups in total. The molecule has 1 unspecified atom stereocenters. The van der Waals surface area contributed by atoms with E-state index in [0.29, 0.717) is 6.04 Å². The van der Waals surface area contributed by atoms with Crippen LogP contribution in [-0.2, 0) is 0 Å². The lowest BCUT2D eigenvalue weighted by atomic mass is 10.0. The molecule has 3 nitrogen and oxygen atoms in total. The lowest BCUT2D eigenvalue weighted by Gasteiger charge is -2.20. The lowest BCUT2D eigenvalue weighted by Crippen LogP contribution is -2.22. The molecule has 0 aliphatic carbocycles. The third kappa shape index (κ3) is 3.91. The zero-order valence-electron chi connectivity index (χ0n) is 12.0. The summed E-state index contributed by atoms with van der Waals surface area (Å²) in [6.45, 7) is 5.42. The Morgan fingerprint density at radius 1 is 1.17 bits per heavy atom. The lowest BCUT2D eigenvalue weighted by molar-refractivity contribution is 0.387. The molecule has 1 aromatic carbocycles. The van der Waals surface area contributed by atoms with Gasteiger partial charge in [-0.25, -0.2) is 0 Å². The largest absolute Gasteiger partial charge is 0.497 e. The first-order valence-corrected chi connectivity index (χ1v) is 6.72. The van der Waals surface area contributed by atoms with Crippen molar-refractivity contribution in [3.05, 3.63) is 23.8 Å². The maximum absolute atomic E-state index is 5.44. The van der Waals surface area contributed by atoms with Crippen molar-refractivity contribution in [3.8, 4) is 11.5 Å². The molecule has 3 heteroatoms. The zero-order chi connectivity index (χ0) is 13.4. The molecular formula is C15H25NO2. The van der Waals surface area contributed by atoms with Crippen LogP contribution in [0.15, 0.2) is 18.2 Å². The third-order valence-electron chi connectivity index (χ3n) is 3.14. The number of hydrogen-bond donors (Lipinski definition) is 1. The summed E-state index contributed by atoms with van der Waals surface area (Å²) in [6, 6.07) is 6.28. The van der Waals surface area contributed by atoms with E-state index in [4.69, 9.17) is 9.47 Å². The van der Waals surface area contributed by atoms with E-state index in [0.717, 1.165) is 24.5 Å². The van der Waals surface area contributed by atoms with Crippen LogP contribution >= 0.6 is 0 Å². The summed E-state index contributed by atoms with van der Waals surface area (Å²) < 4.78 is 10.7. The predicted octanol–water partition coefficient (Wildman–Crippen LogP) is 3.54. The van der Waals surface area contributed by atoms with Gasteiger partial charge in [0, 0.05) is 11.6 Å². The second kappa shape index (κ2) is 7.98. The summed E-state index contributed by atoms with van der Waals surface area (Å²) in [5.74, 6) is 1.80. The van der Waals surface area contributed by atoms with Gasteiger partial charge in [-0.1, -0.05) is 20.3 Å². The van der Waals surface area contributed by atoms with Gasteiger partial charge in [-0.3, -0.25) is 0 Å². The molecule has 0 saturated heterocycles. The fourth-order valence-corrected chi connectivity index (χ4v) is 2.04. The highest BCUT2D eigenvalue weighted by Crippen LogP contribution is 2.30. The summed E-state index contributed by atoms with van der Waals surface area (Å²) in [4.78, 5) is 0. The molecule has 0 aliphatic heterocycles. The van der Waals surface area contributed by atoms with Gasteiger partial charge < -0.3 is 14.8 Å². The molecule has 0 fully saturated rings. The highest BCUT2D eigenvalue weighted by atomic mass is 16.5. The average molecular weight is 251 g/mol. The number of benzene rings is 1. The quantitative estimate of drug-likeness (QED) is 0.717. The number of hydrogen-bond acceptors (Lipinski definition) is 3. The first-order chi connectivity index (χ1) is 8.76. The van der Waals surface area contributed by atoms with E-state index in [1.807, 2.05) is 12.1 Å². The molecule has 1 aromatic rings. The van der Waals surface area contributed by atoms with Crippen LogP contribution in [0.2, 0.25) is 0 Å². The standard InChI is InChI=1S/C15H25NO2/c1-5-7-10-16-14(6-2)13-11-12(17-3)8-9-15(13)18-4/h8-9,11,14,16H,5-7,10H2,1-4H3. The molecule has 0 aromatic heterocycles. The van der Waals surface area contributed by atoms with Crippen molar-refractivity contribution in [2.75, 3.05) is 20.8 Å². The van der Waals surface area contributed by atoms with Gasteiger partial charge in [0.25, 0.3) is 0 Å². The molecule has 0 bridgehead atoms. The number of unbranched alkanes of at least 4 members (excludes halogenated alkanes) is 1. The van der Waals surface area contributed by atoms with Crippen LogP contribution in [0.25, 0.3) is 0 Å². The van der Waals surface area contributed by atoms with Crippen molar-refractivity contribution in [2.24, 2.45) is 0 Å². The molecular weight excluding hydrogens is 226 g/mol. The minimum Gasteiger partial charge on any atom is -0.497 e. The minimum absolute atomic E-state index is 0.321. The minimum atomic E-state index is 0.321. The van der Waals surface area contributed by atoms with E-state index in [1.165, 1.54) is 18.4 Å². The number of rotatable bonds is 8. The molecule has 1 rings (SSSR count). The van der Waals surface area contributed by atoms with Crippen molar-refractivity contribution in [2.45, 2.75) is 39.2 Å². The highest BCUT2D eigenvalue weighted by Gasteiger charge is 2.14. The Hall–Kier alpha value is -1.22. The van der Waals surface area contributed by atoms with Gasteiger partial charge in [0.05, 0.1) is 14.2 Å². The Balaban J connectivity index is 2.87. The molecule has 0 aliphatic rings. The van der Waals surface area contributed by atoms with E-state index >= 15 is 0 Å². The van der Waals surface area contributed by atoms with Crippen molar-refractivity contribution < 1.29 is 9.47 Å². The van der Waals surface area contributed by atoms with Crippen LogP contribution in [-0.4, -0.2) is 20.8 Å². The van der Waals surface area contributed by atoms with Crippen LogP contribution in [0, 0.1) is 0 Å². The van der Waals surface area contributed by atoms with Crippen molar-refractivity contribution >= 4 is 0 Å². The van der Waals surface area contributed by atoms with E-state index < -0.39 is 0 Å². The SMILES string of the molecule is CCCCNC(CC)c1cc(OC)ccc1OC. The molecule has 18 heavy (non-hydrogen) atoms. The second-order valence-corrected chi connectivity index (χ2v) is 4.38. The topological polar surface area (TPSA) is 30.5 Å². The third-order valence-corrected chi connectivity index (χ3v) is 3.14. The Kier molecular flexibility index (Phi) is 6.58. The van der Waals surface area contributed by atoms with Gasteiger partial charge in [0.1, 0.15) is 11.5 Å². The van der Waals surface area contributed by atoms with Crippen LogP contribution in [0.4, 0.5) is 0 Å². The first-order valence-electron chi connectivity index (χ1n) is 6.72. The van der Waals surface area contributed by atoms with Crippen LogP contribution < -0.4 is 14.8 Å². The van der Waals surface area contributed by atoms with Crippen molar-refractivity contribution in [3.63, 3.8) is 0 Å². The molecule has 0 saturated carbocycles. The molecule has 1 atom stereocenters. The molecule has 0 amide bonds. The zero-order valence-corrected chi connectivity index (χ0v) is 12.0. The summed E-state index contributed by atoms with van der Waals surface area (Å²) in [7, 11) is 3.40. The molecule has 102 valence electrons. The van der Waals surface area contributed by atoms with Crippen molar-refractivity contribution in [1.82, 2.24) is 5.32 Å². The van der Waals surface area contributed by atoms with E-state index in [2.05, 4.69) is 25.2 Å². The van der Waals surface area contributed by atoms with Gasteiger partial charge in [-0.15, -0.1) is 0 Å². The molecule has 0 spiro atoms. The van der Waals surface area contributed by atoms with E-state index in [-0.39, 0.29) is 0 Å². The number of nitrogens with one attached hydrogen (secondary N) is 1. The van der Waals surface area contributed by atoms with Crippen LogP contribution in [0.1, 0.15) is 44.7 Å². The van der Waals surface area contributed by atoms with Crippen LogP contribution in [0.5, 0.6) is 11.5 Å². The average Bonchev–Trinajstić information content (AvgIpc) is 2.43. The monoisotopic (exact) mass is 251 g/mol. The normalized spacial score (nSPS) is 12.2. The number of methoxy groups -OCH3 is 2. The van der Waals surface area contributed by atoms with Gasteiger partial charge in [0.15, 0.2) is 0 Å². The second-order valence-electron chi connectivity index (χ2n) is 4.38. The molecule has 0 heterocycles. The van der Waals surface area contributed by atoms with E-state index in [9.17, 15) is 0 Å². The summed E-state index contributed by atoms with van der Waals surface area (Å²) in [5.41, 5.74) is 1.18.